The first-order valence-electron chi connectivity index (χ1n) is 8.70. The van der Waals surface area contributed by atoms with Crippen molar-refractivity contribution in [2.45, 2.75) is 29.9 Å². The lowest BCUT2D eigenvalue weighted by Crippen LogP contribution is -2.16. The monoisotopic (exact) mass is 421 g/mol. The molecule has 0 fully saturated rings. The van der Waals surface area contributed by atoms with Crippen molar-refractivity contribution in [1.82, 2.24) is 14.8 Å². The Kier molecular flexibility index (Phi) is 6.26. The quantitative estimate of drug-likeness (QED) is 0.432. The SMILES string of the molecule is COC(=O)[C@H](C)Sc1nnc(Cc2ccccc2)n1-c1cccc(C(F)(F)F)c1. The molecule has 1 atom stereocenters. The average molecular weight is 421 g/mol. The molecule has 0 amide bonds. The topological polar surface area (TPSA) is 57.0 Å². The van der Waals surface area contributed by atoms with Crippen LogP contribution >= 0.6 is 11.8 Å². The number of thioether (sulfide) groups is 1. The van der Waals surface area contributed by atoms with Gasteiger partial charge in [0.25, 0.3) is 0 Å². The number of hydrogen-bond acceptors (Lipinski definition) is 5. The number of aromatic nitrogens is 3. The molecular formula is C20H18F3N3O2S. The van der Waals surface area contributed by atoms with Gasteiger partial charge in [0.05, 0.1) is 18.4 Å². The van der Waals surface area contributed by atoms with Crippen LogP contribution in [0.2, 0.25) is 0 Å². The van der Waals surface area contributed by atoms with E-state index in [1.54, 1.807) is 17.6 Å². The highest BCUT2D eigenvalue weighted by molar-refractivity contribution is 8.00. The number of carbonyl (C=O) groups is 1. The molecule has 5 nitrogen and oxygen atoms in total. The number of benzene rings is 2. The second kappa shape index (κ2) is 8.69. The Morgan fingerprint density at radius 1 is 1.14 bits per heavy atom. The van der Waals surface area contributed by atoms with Gasteiger partial charge < -0.3 is 4.74 Å². The minimum Gasteiger partial charge on any atom is -0.468 e. The second-order valence-corrected chi connectivity index (χ2v) is 7.54. The first kappa shape index (κ1) is 20.9. The molecule has 3 rings (SSSR count). The maximum absolute atomic E-state index is 13.2. The molecular weight excluding hydrogens is 403 g/mol. The zero-order chi connectivity index (χ0) is 21.0. The molecule has 0 bridgehead atoms. The molecule has 0 saturated carbocycles. The highest BCUT2D eigenvalue weighted by Crippen LogP contribution is 2.32. The lowest BCUT2D eigenvalue weighted by atomic mass is 10.1. The van der Waals surface area contributed by atoms with Gasteiger partial charge in [0.15, 0.2) is 5.16 Å². The Labute approximate surface area is 169 Å². The number of halogens is 3. The molecule has 2 aromatic carbocycles. The lowest BCUT2D eigenvalue weighted by molar-refractivity contribution is -0.139. The minimum absolute atomic E-state index is 0.273. The summed E-state index contributed by atoms with van der Waals surface area (Å²) in [6.07, 6.45) is -4.10. The third-order valence-corrected chi connectivity index (χ3v) is 5.17. The summed E-state index contributed by atoms with van der Waals surface area (Å²) in [6.45, 7) is 1.64. The van der Waals surface area contributed by atoms with Crippen molar-refractivity contribution in [3.63, 3.8) is 0 Å². The van der Waals surface area contributed by atoms with E-state index in [4.69, 9.17) is 4.74 Å². The van der Waals surface area contributed by atoms with Crippen molar-refractivity contribution in [3.8, 4) is 5.69 Å². The van der Waals surface area contributed by atoms with Crippen LogP contribution in [0.5, 0.6) is 0 Å². The molecule has 0 aliphatic rings. The molecule has 0 saturated heterocycles. The molecule has 0 spiro atoms. The summed E-state index contributed by atoms with van der Waals surface area (Å²) >= 11 is 1.08. The van der Waals surface area contributed by atoms with Crippen LogP contribution in [0, 0.1) is 0 Å². The van der Waals surface area contributed by atoms with Gasteiger partial charge >= 0.3 is 12.1 Å². The number of ether oxygens (including phenoxy) is 1. The van der Waals surface area contributed by atoms with E-state index in [0.29, 0.717) is 17.4 Å². The standard InChI is InChI=1S/C20H18F3N3O2S/c1-13(18(27)28-2)29-19-25-24-17(11-14-7-4-3-5-8-14)26(19)16-10-6-9-15(12-16)20(21,22)23/h3-10,12-13H,11H2,1-2H3/t13-/m0/s1. The predicted octanol–water partition coefficient (Wildman–Crippen LogP) is 4.53. The maximum atomic E-state index is 13.2. The number of esters is 1. The van der Waals surface area contributed by atoms with Crippen LogP contribution < -0.4 is 0 Å². The van der Waals surface area contributed by atoms with Gasteiger partial charge in [0.1, 0.15) is 11.1 Å². The van der Waals surface area contributed by atoms with Crippen molar-refractivity contribution < 1.29 is 22.7 Å². The average Bonchev–Trinajstić information content (AvgIpc) is 3.09. The van der Waals surface area contributed by atoms with E-state index in [1.807, 2.05) is 30.3 Å². The van der Waals surface area contributed by atoms with Crippen LogP contribution in [-0.4, -0.2) is 33.1 Å². The van der Waals surface area contributed by atoms with Gasteiger partial charge in [-0.3, -0.25) is 9.36 Å². The molecule has 9 heteroatoms. The fraction of sp³-hybridized carbons (Fsp3) is 0.250. The highest BCUT2D eigenvalue weighted by atomic mass is 32.2. The fourth-order valence-electron chi connectivity index (χ4n) is 2.72. The van der Waals surface area contributed by atoms with Crippen molar-refractivity contribution in [3.05, 3.63) is 71.5 Å². The summed E-state index contributed by atoms with van der Waals surface area (Å²) in [7, 11) is 1.28. The summed E-state index contributed by atoms with van der Waals surface area (Å²) in [6, 6.07) is 14.4. The Morgan fingerprint density at radius 3 is 2.52 bits per heavy atom. The molecule has 0 aliphatic heterocycles. The Morgan fingerprint density at radius 2 is 1.86 bits per heavy atom. The van der Waals surface area contributed by atoms with E-state index in [9.17, 15) is 18.0 Å². The number of methoxy groups -OCH3 is 1. The number of rotatable bonds is 6. The van der Waals surface area contributed by atoms with E-state index in [0.717, 1.165) is 29.5 Å². The molecule has 0 unspecified atom stereocenters. The van der Waals surface area contributed by atoms with Crippen LogP contribution in [0.4, 0.5) is 13.2 Å². The van der Waals surface area contributed by atoms with Crippen LogP contribution in [-0.2, 0) is 22.1 Å². The lowest BCUT2D eigenvalue weighted by Gasteiger charge is -2.14. The number of carbonyl (C=O) groups excluding carboxylic acids is 1. The molecule has 0 aliphatic carbocycles. The third-order valence-electron chi connectivity index (χ3n) is 4.15. The van der Waals surface area contributed by atoms with E-state index in [1.165, 1.54) is 13.2 Å². The minimum atomic E-state index is -4.48. The summed E-state index contributed by atoms with van der Waals surface area (Å²) in [5, 5.41) is 8.02. The smallest absolute Gasteiger partial charge is 0.416 e. The van der Waals surface area contributed by atoms with Gasteiger partial charge in [0.2, 0.25) is 0 Å². The van der Waals surface area contributed by atoms with Gasteiger partial charge in [-0.05, 0) is 30.7 Å². The molecule has 152 valence electrons. The van der Waals surface area contributed by atoms with Crippen molar-refractivity contribution in [2.24, 2.45) is 0 Å². The summed E-state index contributed by atoms with van der Waals surface area (Å²) in [5.74, 6) is 0.00768. The van der Waals surface area contributed by atoms with Crippen LogP contribution in [0.25, 0.3) is 5.69 Å². The molecule has 29 heavy (non-hydrogen) atoms. The third kappa shape index (κ3) is 4.97. The first-order valence-corrected chi connectivity index (χ1v) is 9.58. The summed E-state index contributed by atoms with van der Waals surface area (Å²) < 4.78 is 45.9. The fourth-order valence-corrected chi connectivity index (χ4v) is 3.64. The predicted molar refractivity (Wildman–Crippen MR) is 103 cm³/mol. The molecule has 3 aromatic rings. The summed E-state index contributed by atoms with van der Waals surface area (Å²) in [5.41, 5.74) is 0.437. The number of hydrogen-bond donors (Lipinski definition) is 0. The zero-order valence-corrected chi connectivity index (χ0v) is 16.5. The normalized spacial score (nSPS) is 12.6. The van der Waals surface area contributed by atoms with Gasteiger partial charge in [-0.2, -0.15) is 13.2 Å². The van der Waals surface area contributed by atoms with E-state index < -0.39 is 23.0 Å². The van der Waals surface area contributed by atoms with Gasteiger partial charge in [0, 0.05) is 6.42 Å². The van der Waals surface area contributed by atoms with Crippen LogP contribution in [0.15, 0.2) is 59.8 Å². The first-order chi connectivity index (χ1) is 13.8. The molecule has 1 heterocycles. The van der Waals surface area contributed by atoms with Crippen molar-refractivity contribution in [1.29, 1.82) is 0 Å². The van der Waals surface area contributed by atoms with Crippen molar-refractivity contribution >= 4 is 17.7 Å². The Balaban J connectivity index is 2.06. The van der Waals surface area contributed by atoms with Gasteiger partial charge in [-0.25, -0.2) is 0 Å². The van der Waals surface area contributed by atoms with E-state index in [2.05, 4.69) is 10.2 Å². The van der Waals surface area contributed by atoms with Crippen LogP contribution in [0.3, 0.4) is 0 Å². The molecule has 1 aromatic heterocycles. The summed E-state index contributed by atoms with van der Waals surface area (Å²) in [4.78, 5) is 11.8. The number of nitrogens with zero attached hydrogens (tertiary/aromatic N) is 3. The Bertz CT molecular complexity index is 990. The maximum Gasteiger partial charge on any atom is 0.416 e. The van der Waals surface area contributed by atoms with Gasteiger partial charge in [-0.15, -0.1) is 10.2 Å². The zero-order valence-electron chi connectivity index (χ0n) is 15.7. The Hall–Kier alpha value is -2.81. The molecule has 0 radical (unpaired) electrons. The molecule has 0 N–H and O–H groups in total. The second-order valence-electron chi connectivity index (χ2n) is 6.23. The van der Waals surface area contributed by atoms with Crippen LogP contribution in [0.1, 0.15) is 23.9 Å². The van der Waals surface area contributed by atoms with E-state index in [-0.39, 0.29) is 5.69 Å². The largest absolute Gasteiger partial charge is 0.468 e. The van der Waals surface area contributed by atoms with Gasteiger partial charge in [-0.1, -0.05) is 48.2 Å². The van der Waals surface area contributed by atoms with E-state index >= 15 is 0 Å². The highest BCUT2D eigenvalue weighted by Gasteiger charge is 2.31. The van der Waals surface area contributed by atoms with Crippen molar-refractivity contribution in [2.75, 3.05) is 7.11 Å². The number of alkyl halides is 3.